The fourth-order valence-corrected chi connectivity index (χ4v) is 19.0. The van der Waals surface area contributed by atoms with Crippen molar-refractivity contribution < 1.29 is 0 Å². The Bertz CT molecular complexity index is 6470. The molecule has 1 spiro atoms. The Balaban J connectivity index is 0.672. The minimum atomic E-state index is -0.369. The lowest BCUT2D eigenvalue weighted by Gasteiger charge is -2.33. The molecule has 1 unspecified atom stereocenters. The van der Waals surface area contributed by atoms with E-state index in [4.69, 9.17) is 0 Å². The van der Waals surface area contributed by atoms with Crippen molar-refractivity contribution in [3.8, 4) is 55.6 Å². The van der Waals surface area contributed by atoms with Gasteiger partial charge in [-0.05, 0) is 264 Å². The molecule has 0 heterocycles. The second-order valence-corrected chi connectivity index (χ2v) is 28.2. The Morgan fingerprint density at radius 1 is 0.316 bits per heavy atom. The number of benzene rings is 16. The first-order valence-corrected chi connectivity index (χ1v) is 35.3. The van der Waals surface area contributed by atoms with Crippen molar-refractivity contribution in [1.29, 1.82) is 0 Å². The maximum Gasteiger partial charge on any atom is 0.0722 e. The van der Waals surface area contributed by atoms with E-state index in [9.17, 15) is 0 Å². The van der Waals surface area contributed by atoms with E-state index in [1.807, 2.05) is 0 Å². The molecule has 16 aromatic rings. The van der Waals surface area contributed by atoms with E-state index < -0.39 is 0 Å². The third-order valence-electron chi connectivity index (χ3n) is 23.1. The van der Waals surface area contributed by atoms with Crippen molar-refractivity contribution in [2.24, 2.45) is 5.92 Å². The predicted molar refractivity (Wildman–Crippen MR) is 419 cm³/mol. The normalized spacial score (nSPS) is 15.8. The molecule has 98 heavy (non-hydrogen) atoms. The van der Waals surface area contributed by atoms with Gasteiger partial charge in [-0.3, -0.25) is 0 Å². The van der Waals surface area contributed by atoms with Gasteiger partial charge in [0, 0.05) is 0 Å². The van der Waals surface area contributed by atoms with Crippen LogP contribution in [0.5, 0.6) is 0 Å². The van der Waals surface area contributed by atoms with E-state index in [2.05, 4.69) is 322 Å². The van der Waals surface area contributed by atoms with E-state index in [0.29, 0.717) is 5.92 Å². The molecule has 0 saturated carbocycles. The fourth-order valence-electron chi connectivity index (χ4n) is 19.0. The lowest BCUT2D eigenvalue weighted by atomic mass is 9.68. The van der Waals surface area contributed by atoms with E-state index >= 15 is 0 Å². The summed E-state index contributed by atoms with van der Waals surface area (Å²) in [6.45, 7) is 2.33. The van der Waals surface area contributed by atoms with Crippen molar-refractivity contribution in [2.45, 2.75) is 44.4 Å². The van der Waals surface area contributed by atoms with Gasteiger partial charge < -0.3 is 0 Å². The number of fused-ring (bicyclic) bond motifs is 20. The van der Waals surface area contributed by atoms with Gasteiger partial charge in [-0.15, -0.1) is 0 Å². The van der Waals surface area contributed by atoms with Crippen molar-refractivity contribution in [3.63, 3.8) is 0 Å². The molecule has 5 aliphatic carbocycles. The first-order chi connectivity index (χ1) is 48.5. The molecular formula is C98H66. The average molecular weight is 1240 g/mol. The third kappa shape index (κ3) is 7.95. The van der Waals surface area contributed by atoms with Gasteiger partial charge in [0.15, 0.2) is 0 Å². The standard InChI is InChI=1S/C98H66/c1-59-20-16-24-66(54-59)95-69-26-5-3-22-65(69)57-89-73-37-19-35-71(75(73)51-53-86(89)95)70-34-18-36-72-74(70)50-52-85-88(72)56-64-21-2-4-25-68(64)94(85)62-45-42-60(43-46-62)63-47-44-61-23-17-38-84(87(61)55-63)97-82-32-8-6-30-80(82)96(81-31-7-9-33-83(81)97)67-48-49-79-78-29-12-15-41-92(78)98(93(79)58-67)90-39-13-10-27-76(90)77-28-11-14-40-91(77)98/h2-6,8,10-19,21-47,50-59H,7,9,20,48-49H2,1H3. The van der Waals surface area contributed by atoms with Crippen LogP contribution in [0.15, 0.2) is 309 Å². The lowest BCUT2D eigenvalue weighted by Crippen LogP contribution is -2.33. The number of hydrogen-bond acceptors (Lipinski definition) is 0. The highest BCUT2D eigenvalue weighted by Crippen LogP contribution is 2.64. The molecule has 0 radical (unpaired) electrons. The predicted octanol–water partition coefficient (Wildman–Crippen LogP) is 24.9. The number of rotatable bonds is 6. The molecule has 0 N–H and O–H groups in total. The van der Waals surface area contributed by atoms with Crippen LogP contribution in [0.4, 0.5) is 0 Å². The molecule has 0 amide bonds. The van der Waals surface area contributed by atoms with E-state index in [-0.39, 0.29) is 5.41 Å². The molecule has 0 heteroatoms. The van der Waals surface area contributed by atoms with Gasteiger partial charge in [0.2, 0.25) is 0 Å². The Kier molecular flexibility index (Phi) is 12.1. The minimum absolute atomic E-state index is 0.369. The summed E-state index contributed by atoms with van der Waals surface area (Å²) in [5.41, 5.74) is 26.5. The van der Waals surface area contributed by atoms with Crippen LogP contribution in [0.3, 0.4) is 0 Å². The summed E-state index contributed by atoms with van der Waals surface area (Å²) in [7, 11) is 0. The Morgan fingerprint density at radius 2 is 0.796 bits per heavy atom. The Morgan fingerprint density at radius 3 is 1.46 bits per heavy atom. The second-order valence-electron chi connectivity index (χ2n) is 28.2. The molecular weight excluding hydrogens is 1180 g/mol. The van der Waals surface area contributed by atoms with Gasteiger partial charge in [0.05, 0.1) is 5.41 Å². The largest absolute Gasteiger partial charge is 0.0834 e. The molecule has 5 aliphatic rings. The van der Waals surface area contributed by atoms with Crippen LogP contribution in [0.2, 0.25) is 0 Å². The second kappa shape index (κ2) is 21.4. The molecule has 0 bridgehead atoms. The van der Waals surface area contributed by atoms with Gasteiger partial charge >= 0.3 is 0 Å². The Hall–Kier alpha value is -11.7. The summed E-state index contributed by atoms with van der Waals surface area (Å²) in [5.74, 6) is 0.503. The molecule has 0 saturated heterocycles. The number of allylic oxidation sites excluding steroid dienone is 8. The molecule has 0 aromatic heterocycles. The van der Waals surface area contributed by atoms with Gasteiger partial charge in [0.25, 0.3) is 0 Å². The summed E-state index contributed by atoms with van der Waals surface area (Å²) >= 11 is 0. The maximum absolute atomic E-state index is 2.66. The summed E-state index contributed by atoms with van der Waals surface area (Å²) in [6, 6.07) is 107. The molecule has 0 fully saturated rings. The highest BCUT2D eigenvalue weighted by atomic mass is 14.5. The molecule has 0 aliphatic heterocycles. The summed E-state index contributed by atoms with van der Waals surface area (Å²) < 4.78 is 0. The van der Waals surface area contributed by atoms with Crippen molar-refractivity contribution >= 4 is 115 Å². The van der Waals surface area contributed by atoms with Crippen LogP contribution < -0.4 is 10.4 Å². The van der Waals surface area contributed by atoms with E-state index in [1.165, 1.54) is 208 Å². The average Bonchev–Trinajstić information content (AvgIpc) is 1.50. The van der Waals surface area contributed by atoms with Crippen LogP contribution in [0.1, 0.15) is 72.4 Å². The fraction of sp³-hybridized carbons (Fsp3) is 0.0816. The van der Waals surface area contributed by atoms with Gasteiger partial charge in [0.1, 0.15) is 0 Å². The molecule has 0 nitrogen and oxygen atoms in total. The SMILES string of the molecule is CC1C=C(c2c3ccccc3cc3c2ccc2c(-c4cccc5c4ccc4c(-c6ccc(-c7ccc8cccc(-c9c%10c(c(C%11=CC%12=C(CC%11)c%11ccccc%11C%12%11c%12ccccc%12-c%12ccccc%12%11)c%11ccccc9%11)=CCCC=%10)c8c7)cc6)c6ccccc6cc45)cccc23)C=CC1. The zero-order valence-corrected chi connectivity index (χ0v) is 54.6. The summed E-state index contributed by atoms with van der Waals surface area (Å²) in [5, 5.41) is 23.2. The first-order valence-electron chi connectivity index (χ1n) is 35.3. The topological polar surface area (TPSA) is 0 Å². The minimum Gasteiger partial charge on any atom is -0.0834 e. The lowest BCUT2D eigenvalue weighted by molar-refractivity contribution is 0.740. The van der Waals surface area contributed by atoms with Gasteiger partial charge in [-0.25, -0.2) is 0 Å². The first kappa shape index (κ1) is 55.6. The zero-order valence-electron chi connectivity index (χ0n) is 54.6. The van der Waals surface area contributed by atoms with Gasteiger partial charge in [-0.2, -0.15) is 0 Å². The van der Waals surface area contributed by atoms with Crippen molar-refractivity contribution in [3.05, 3.63) is 353 Å². The van der Waals surface area contributed by atoms with Crippen LogP contribution in [0, 0.1) is 5.92 Å². The summed E-state index contributed by atoms with van der Waals surface area (Å²) in [4.78, 5) is 0. The molecule has 458 valence electrons. The van der Waals surface area contributed by atoms with Crippen LogP contribution in [0.25, 0.3) is 171 Å². The van der Waals surface area contributed by atoms with E-state index in [1.54, 1.807) is 0 Å². The smallest absolute Gasteiger partial charge is 0.0722 e. The summed E-state index contributed by atoms with van der Waals surface area (Å²) in [6.07, 6.45) is 20.1. The molecule has 1 atom stereocenters. The molecule has 21 rings (SSSR count). The highest BCUT2D eigenvalue weighted by Gasteiger charge is 2.52. The van der Waals surface area contributed by atoms with Gasteiger partial charge in [-0.1, -0.05) is 304 Å². The Labute approximate surface area is 570 Å². The van der Waals surface area contributed by atoms with Crippen molar-refractivity contribution in [2.75, 3.05) is 0 Å². The monoisotopic (exact) mass is 1240 g/mol. The van der Waals surface area contributed by atoms with Crippen LogP contribution in [-0.2, 0) is 5.41 Å². The van der Waals surface area contributed by atoms with Crippen molar-refractivity contribution in [1.82, 2.24) is 0 Å². The van der Waals surface area contributed by atoms with Crippen LogP contribution >= 0.6 is 0 Å². The molecule has 16 aromatic carbocycles. The van der Waals surface area contributed by atoms with Crippen LogP contribution in [-0.4, -0.2) is 0 Å². The maximum atomic E-state index is 2.66. The zero-order chi connectivity index (χ0) is 64.3. The third-order valence-corrected chi connectivity index (χ3v) is 23.1. The highest BCUT2D eigenvalue weighted by molar-refractivity contribution is 6.25. The van der Waals surface area contributed by atoms with E-state index in [0.717, 1.165) is 32.1 Å². The number of hydrogen-bond donors (Lipinski definition) is 0. The quantitative estimate of drug-likeness (QED) is 0.115.